The van der Waals surface area contributed by atoms with E-state index in [0.717, 1.165) is 37.1 Å². The van der Waals surface area contributed by atoms with Crippen LogP contribution in [0.3, 0.4) is 0 Å². The van der Waals surface area contributed by atoms with Gasteiger partial charge in [-0.1, -0.05) is 19.1 Å². The number of carbonyl (C=O) groups is 1. The van der Waals surface area contributed by atoms with Crippen LogP contribution >= 0.6 is 0 Å². The first kappa shape index (κ1) is 16.7. The van der Waals surface area contributed by atoms with Crippen molar-refractivity contribution in [3.8, 4) is 11.1 Å². The SMILES string of the molecule is CCC(=O)N1CCC[C@@H]1c1nc2cc(-c3ccc(F)c(F)c3)ccc2o1. The average molecular weight is 356 g/mol. The Hall–Kier alpha value is -2.76. The number of fused-ring (bicyclic) bond motifs is 1. The number of benzene rings is 2. The molecule has 0 radical (unpaired) electrons. The highest BCUT2D eigenvalue weighted by Gasteiger charge is 2.32. The van der Waals surface area contributed by atoms with Gasteiger partial charge in [0.05, 0.1) is 0 Å². The van der Waals surface area contributed by atoms with Crippen LogP contribution in [0.15, 0.2) is 40.8 Å². The lowest BCUT2D eigenvalue weighted by molar-refractivity contribution is -0.132. The predicted octanol–water partition coefficient (Wildman–Crippen LogP) is 4.85. The van der Waals surface area contributed by atoms with E-state index in [1.807, 2.05) is 11.8 Å². The first-order valence-electron chi connectivity index (χ1n) is 8.72. The van der Waals surface area contributed by atoms with E-state index in [1.54, 1.807) is 18.2 Å². The van der Waals surface area contributed by atoms with Gasteiger partial charge in [-0.25, -0.2) is 13.8 Å². The minimum atomic E-state index is -0.886. The molecule has 134 valence electrons. The summed E-state index contributed by atoms with van der Waals surface area (Å²) in [7, 11) is 0. The van der Waals surface area contributed by atoms with E-state index >= 15 is 0 Å². The molecule has 4 nitrogen and oxygen atoms in total. The summed E-state index contributed by atoms with van der Waals surface area (Å²) in [5, 5.41) is 0. The van der Waals surface area contributed by atoms with Crippen molar-refractivity contribution in [2.45, 2.75) is 32.2 Å². The first-order chi connectivity index (χ1) is 12.6. The third-order valence-electron chi connectivity index (χ3n) is 4.82. The Labute approximate surface area is 149 Å². The fraction of sp³-hybridized carbons (Fsp3) is 0.300. The van der Waals surface area contributed by atoms with E-state index in [-0.39, 0.29) is 11.9 Å². The molecule has 1 aromatic heterocycles. The zero-order chi connectivity index (χ0) is 18.3. The molecule has 1 amide bonds. The summed E-state index contributed by atoms with van der Waals surface area (Å²) in [6.45, 7) is 2.56. The van der Waals surface area contributed by atoms with Gasteiger partial charge in [-0.15, -0.1) is 0 Å². The quantitative estimate of drug-likeness (QED) is 0.674. The number of hydrogen-bond donors (Lipinski definition) is 0. The lowest BCUT2D eigenvalue weighted by atomic mass is 10.1. The van der Waals surface area contributed by atoms with Crippen LogP contribution in [-0.4, -0.2) is 22.3 Å². The fourth-order valence-electron chi connectivity index (χ4n) is 3.47. The van der Waals surface area contributed by atoms with Gasteiger partial charge in [0.2, 0.25) is 11.8 Å². The molecule has 0 saturated carbocycles. The summed E-state index contributed by atoms with van der Waals surface area (Å²) < 4.78 is 32.5. The minimum Gasteiger partial charge on any atom is -0.438 e. The monoisotopic (exact) mass is 356 g/mol. The second kappa shape index (κ2) is 6.52. The molecule has 1 saturated heterocycles. The largest absolute Gasteiger partial charge is 0.438 e. The molecule has 0 N–H and O–H groups in total. The van der Waals surface area contributed by atoms with Crippen LogP contribution in [0.4, 0.5) is 8.78 Å². The summed E-state index contributed by atoms with van der Waals surface area (Å²) >= 11 is 0. The molecule has 1 atom stereocenters. The van der Waals surface area contributed by atoms with Crippen LogP contribution < -0.4 is 0 Å². The van der Waals surface area contributed by atoms with Gasteiger partial charge in [-0.3, -0.25) is 4.79 Å². The zero-order valence-corrected chi connectivity index (χ0v) is 14.3. The van der Waals surface area contributed by atoms with Crippen LogP contribution in [-0.2, 0) is 4.79 Å². The second-order valence-corrected chi connectivity index (χ2v) is 6.46. The Kier molecular flexibility index (Phi) is 4.18. The van der Waals surface area contributed by atoms with Gasteiger partial charge in [-0.2, -0.15) is 0 Å². The van der Waals surface area contributed by atoms with Crippen molar-refractivity contribution in [2.75, 3.05) is 6.54 Å². The van der Waals surface area contributed by atoms with Gasteiger partial charge in [-0.05, 0) is 48.2 Å². The molecule has 3 aromatic rings. The van der Waals surface area contributed by atoms with Crippen molar-refractivity contribution >= 4 is 17.0 Å². The lowest BCUT2D eigenvalue weighted by Gasteiger charge is -2.21. The van der Waals surface area contributed by atoms with E-state index in [9.17, 15) is 13.6 Å². The summed E-state index contributed by atoms with van der Waals surface area (Å²) in [5.41, 5.74) is 2.54. The van der Waals surface area contributed by atoms with Gasteiger partial charge < -0.3 is 9.32 Å². The Morgan fingerprint density at radius 1 is 1.19 bits per heavy atom. The van der Waals surface area contributed by atoms with E-state index in [2.05, 4.69) is 4.98 Å². The van der Waals surface area contributed by atoms with Crippen molar-refractivity contribution in [1.29, 1.82) is 0 Å². The number of oxazole rings is 1. The van der Waals surface area contributed by atoms with Crippen LogP contribution in [0, 0.1) is 11.6 Å². The number of halogens is 2. The topological polar surface area (TPSA) is 46.3 Å². The van der Waals surface area contributed by atoms with E-state index in [4.69, 9.17) is 4.42 Å². The number of amides is 1. The van der Waals surface area contributed by atoms with Gasteiger partial charge in [0.15, 0.2) is 17.2 Å². The maximum atomic E-state index is 13.5. The third-order valence-corrected chi connectivity index (χ3v) is 4.82. The Morgan fingerprint density at radius 2 is 1.96 bits per heavy atom. The highest BCUT2D eigenvalue weighted by molar-refractivity contribution is 5.81. The van der Waals surface area contributed by atoms with Crippen molar-refractivity contribution in [1.82, 2.24) is 9.88 Å². The van der Waals surface area contributed by atoms with E-state index in [0.29, 0.717) is 29.0 Å². The van der Waals surface area contributed by atoms with Gasteiger partial charge in [0.1, 0.15) is 11.6 Å². The number of nitrogens with zero attached hydrogens (tertiary/aromatic N) is 2. The zero-order valence-electron chi connectivity index (χ0n) is 14.3. The molecular formula is C20H18F2N2O2. The Morgan fingerprint density at radius 3 is 2.73 bits per heavy atom. The first-order valence-corrected chi connectivity index (χ1v) is 8.72. The van der Waals surface area contributed by atoms with Crippen LogP contribution in [0.25, 0.3) is 22.2 Å². The van der Waals surface area contributed by atoms with Crippen molar-refractivity contribution < 1.29 is 18.0 Å². The van der Waals surface area contributed by atoms with E-state index < -0.39 is 11.6 Å². The number of rotatable bonds is 3. The second-order valence-electron chi connectivity index (χ2n) is 6.46. The maximum absolute atomic E-state index is 13.5. The number of hydrogen-bond acceptors (Lipinski definition) is 3. The molecule has 2 aromatic carbocycles. The molecule has 1 fully saturated rings. The fourth-order valence-corrected chi connectivity index (χ4v) is 3.47. The van der Waals surface area contributed by atoms with Crippen LogP contribution in [0.5, 0.6) is 0 Å². The van der Waals surface area contributed by atoms with Gasteiger partial charge >= 0.3 is 0 Å². The van der Waals surface area contributed by atoms with Crippen LogP contribution in [0.1, 0.15) is 38.1 Å². The van der Waals surface area contributed by atoms with Crippen molar-refractivity contribution in [2.24, 2.45) is 0 Å². The van der Waals surface area contributed by atoms with E-state index in [1.165, 1.54) is 6.07 Å². The smallest absolute Gasteiger partial charge is 0.222 e. The number of likely N-dealkylation sites (tertiary alicyclic amines) is 1. The maximum Gasteiger partial charge on any atom is 0.222 e. The summed E-state index contributed by atoms with van der Waals surface area (Å²) in [5.74, 6) is -1.14. The molecular weight excluding hydrogens is 338 g/mol. The number of carbonyl (C=O) groups excluding carboxylic acids is 1. The van der Waals surface area contributed by atoms with Crippen molar-refractivity contribution in [3.63, 3.8) is 0 Å². The number of aromatic nitrogens is 1. The summed E-state index contributed by atoms with van der Waals surface area (Å²) in [6.07, 6.45) is 2.21. The summed E-state index contributed by atoms with van der Waals surface area (Å²) in [4.78, 5) is 18.5. The molecule has 0 spiro atoms. The molecule has 0 bridgehead atoms. The highest BCUT2D eigenvalue weighted by Crippen LogP contribution is 2.34. The van der Waals surface area contributed by atoms with Crippen LogP contribution in [0.2, 0.25) is 0 Å². The third kappa shape index (κ3) is 2.85. The average Bonchev–Trinajstić information content (AvgIpc) is 3.28. The standard InChI is InChI=1S/C20H18F2N2O2/c1-2-19(25)24-9-3-4-17(24)20-23-16-11-13(6-8-18(16)26-20)12-5-7-14(21)15(22)10-12/h5-8,10-11,17H,2-4,9H2,1H3/t17-/m1/s1. The molecule has 2 heterocycles. The molecule has 4 rings (SSSR count). The van der Waals surface area contributed by atoms with Crippen molar-refractivity contribution in [3.05, 3.63) is 53.9 Å². The Bertz CT molecular complexity index is 983. The summed E-state index contributed by atoms with van der Waals surface area (Å²) in [6, 6.07) is 9.00. The lowest BCUT2D eigenvalue weighted by Crippen LogP contribution is -2.29. The Balaban J connectivity index is 1.70. The molecule has 1 aliphatic heterocycles. The van der Waals surface area contributed by atoms with Gasteiger partial charge in [0, 0.05) is 13.0 Å². The predicted molar refractivity (Wildman–Crippen MR) is 93.3 cm³/mol. The molecule has 6 heteroatoms. The minimum absolute atomic E-state index is 0.0947. The molecule has 26 heavy (non-hydrogen) atoms. The molecule has 1 aliphatic rings. The van der Waals surface area contributed by atoms with Gasteiger partial charge in [0.25, 0.3) is 0 Å². The normalized spacial score (nSPS) is 17.2. The highest BCUT2D eigenvalue weighted by atomic mass is 19.2. The molecule has 0 unspecified atom stereocenters. The molecule has 0 aliphatic carbocycles.